The Morgan fingerprint density at radius 2 is 1.97 bits per heavy atom. The van der Waals surface area contributed by atoms with E-state index in [1.807, 2.05) is 12.1 Å². The molecule has 1 N–H and O–H groups in total. The highest BCUT2D eigenvalue weighted by atomic mass is 32.2. The summed E-state index contributed by atoms with van der Waals surface area (Å²) >= 11 is 0. The summed E-state index contributed by atoms with van der Waals surface area (Å²) in [5.41, 5.74) is 0.395. The molecular weight excluding hydrogens is 404 g/mol. The van der Waals surface area contributed by atoms with Gasteiger partial charge in [-0.25, -0.2) is 8.42 Å². The lowest BCUT2D eigenvalue weighted by Gasteiger charge is -2.22. The maximum absolute atomic E-state index is 13.5. The quantitative estimate of drug-likeness (QED) is 0.491. The number of aromatic nitrogens is 2. The van der Waals surface area contributed by atoms with Gasteiger partial charge in [0.15, 0.2) is 5.82 Å². The van der Waals surface area contributed by atoms with Gasteiger partial charge in [0, 0.05) is 24.2 Å². The fourth-order valence-electron chi connectivity index (χ4n) is 3.19. The number of hydrogen-bond acceptors (Lipinski definition) is 6. The van der Waals surface area contributed by atoms with E-state index in [9.17, 15) is 13.2 Å². The van der Waals surface area contributed by atoms with Crippen molar-refractivity contribution in [2.24, 2.45) is 0 Å². The minimum Gasteiger partial charge on any atom is -0.360 e. The summed E-state index contributed by atoms with van der Waals surface area (Å²) in [6.45, 7) is 3.73. The van der Waals surface area contributed by atoms with Crippen molar-refractivity contribution in [2.75, 3.05) is 18.4 Å². The molecule has 9 heteroatoms. The minimum absolute atomic E-state index is 0.0983. The summed E-state index contributed by atoms with van der Waals surface area (Å²) in [6, 6.07) is 10.2. The first-order valence-electron chi connectivity index (χ1n) is 9.99. The fourth-order valence-corrected chi connectivity index (χ4v) is 4.79. The van der Waals surface area contributed by atoms with E-state index in [2.05, 4.69) is 22.4 Å². The first-order valence-corrected chi connectivity index (χ1v) is 11.4. The Morgan fingerprint density at radius 3 is 2.70 bits per heavy atom. The zero-order valence-corrected chi connectivity index (χ0v) is 18.0. The van der Waals surface area contributed by atoms with E-state index in [1.54, 1.807) is 31.3 Å². The fraction of sp³-hybridized carbons (Fsp3) is 0.381. The van der Waals surface area contributed by atoms with E-state index in [-0.39, 0.29) is 23.8 Å². The Labute approximate surface area is 176 Å². The first kappa shape index (κ1) is 21.9. The number of amides is 1. The third-order valence-electron chi connectivity index (χ3n) is 4.69. The molecule has 0 saturated carbocycles. The summed E-state index contributed by atoms with van der Waals surface area (Å²) in [4.78, 5) is 16.9. The van der Waals surface area contributed by atoms with Crippen molar-refractivity contribution in [3.05, 3.63) is 48.4 Å². The van der Waals surface area contributed by atoms with Crippen LogP contribution in [0.5, 0.6) is 0 Å². The number of nitrogens with one attached hydrogen (secondary N) is 1. The molecule has 0 saturated heterocycles. The maximum atomic E-state index is 13.5. The molecule has 2 aromatic heterocycles. The number of sulfonamides is 1. The van der Waals surface area contributed by atoms with E-state index < -0.39 is 15.9 Å². The van der Waals surface area contributed by atoms with Crippen LogP contribution in [0.25, 0.3) is 10.9 Å². The van der Waals surface area contributed by atoms with E-state index >= 15 is 0 Å². The number of unbranched alkanes of at least 4 members (excludes halogenated alkanes) is 3. The third kappa shape index (κ3) is 5.22. The van der Waals surface area contributed by atoms with Crippen LogP contribution in [0.2, 0.25) is 0 Å². The predicted molar refractivity (Wildman–Crippen MR) is 115 cm³/mol. The van der Waals surface area contributed by atoms with Crippen LogP contribution in [-0.2, 0) is 14.8 Å². The SMILES string of the molecule is CCCCCCN(CC(=O)Nc1cc(C)on1)S(=O)(=O)c1cccc2cccnc12. The van der Waals surface area contributed by atoms with Gasteiger partial charge >= 0.3 is 0 Å². The number of para-hydroxylation sites is 1. The van der Waals surface area contributed by atoms with E-state index in [1.165, 1.54) is 10.4 Å². The molecule has 1 aromatic carbocycles. The summed E-state index contributed by atoms with van der Waals surface area (Å²) in [5.74, 6) is 0.333. The monoisotopic (exact) mass is 430 g/mol. The molecule has 160 valence electrons. The van der Waals surface area contributed by atoms with Crippen molar-refractivity contribution in [3.63, 3.8) is 0 Å². The highest BCUT2D eigenvalue weighted by Crippen LogP contribution is 2.24. The Morgan fingerprint density at radius 1 is 1.17 bits per heavy atom. The van der Waals surface area contributed by atoms with Crippen LogP contribution in [-0.4, -0.2) is 41.9 Å². The van der Waals surface area contributed by atoms with Crippen LogP contribution in [0.15, 0.2) is 52.0 Å². The molecule has 0 radical (unpaired) electrons. The van der Waals surface area contributed by atoms with Crippen LogP contribution in [0.4, 0.5) is 5.82 Å². The largest absolute Gasteiger partial charge is 0.360 e. The van der Waals surface area contributed by atoms with Crippen LogP contribution in [0.3, 0.4) is 0 Å². The molecule has 0 fully saturated rings. The highest BCUT2D eigenvalue weighted by molar-refractivity contribution is 7.89. The molecule has 0 atom stereocenters. The topological polar surface area (TPSA) is 105 Å². The number of benzene rings is 1. The van der Waals surface area contributed by atoms with Gasteiger partial charge in [0.2, 0.25) is 15.9 Å². The molecule has 30 heavy (non-hydrogen) atoms. The van der Waals surface area contributed by atoms with Gasteiger partial charge in [-0.15, -0.1) is 0 Å². The number of pyridine rings is 1. The van der Waals surface area contributed by atoms with Gasteiger partial charge in [-0.1, -0.05) is 49.5 Å². The molecule has 0 spiro atoms. The lowest BCUT2D eigenvalue weighted by molar-refractivity contribution is -0.116. The number of fused-ring (bicyclic) bond motifs is 1. The Balaban J connectivity index is 1.86. The lowest BCUT2D eigenvalue weighted by atomic mass is 10.2. The normalized spacial score (nSPS) is 11.8. The maximum Gasteiger partial charge on any atom is 0.245 e. The van der Waals surface area contributed by atoms with Gasteiger partial charge in [-0.05, 0) is 25.5 Å². The van der Waals surface area contributed by atoms with E-state index in [0.29, 0.717) is 17.7 Å². The van der Waals surface area contributed by atoms with Gasteiger partial charge in [-0.3, -0.25) is 9.78 Å². The van der Waals surface area contributed by atoms with Crippen molar-refractivity contribution in [3.8, 4) is 0 Å². The lowest BCUT2D eigenvalue weighted by Crippen LogP contribution is -2.38. The van der Waals surface area contributed by atoms with Crippen molar-refractivity contribution < 1.29 is 17.7 Å². The molecule has 1 amide bonds. The number of hydrogen-bond donors (Lipinski definition) is 1. The van der Waals surface area contributed by atoms with Crippen molar-refractivity contribution in [1.29, 1.82) is 0 Å². The van der Waals surface area contributed by atoms with Crippen molar-refractivity contribution in [2.45, 2.75) is 44.4 Å². The van der Waals surface area contributed by atoms with Gasteiger partial charge in [0.05, 0.1) is 12.1 Å². The molecule has 0 aliphatic carbocycles. The van der Waals surface area contributed by atoms with E-state index in [4.69, 9.17) is 4.52 Å². The zero-order valence-electron chi connectivity index (χ0n) is 17.2. The summed E-state index contributed by atoms with van der Waals surface area (Å²) < 4.78 is 33.1. The van der Waals surface area contributed by atoms with Crippen molar-refractivity contribution >= 4 is 32.7 Å². The first-order chi connectivity index (χ1) is 14.4. The number of anilines is 1. The molecular formula is C21H26N4O4S. The second-order valence-corrected chi connectivity index (χ2v) is 9.01. The molecule has 0 bridgehead atoms. The summed E-state index contributed by atoms with van der Waals surface area (Å²) in [7, 11) is -3.93. The van der Waals surface area contributed by atoms with Crippen LogP contribution in [0, 0.1) is 6.92 Å². The minimum atomic E-state index is -3.93. The molecule has 3 aromatic rings. The average Bonchev–Trinajstić information content (AvgIpc) is 3.14. The zero-order chi connectivity index (χ0) is 21.6. The third-order valence-corrected chi connectivity index (χ3v) is 6.57. The van der Waals surface area contributed by atoms with Gasteiger partial charge in [0.1, 0.15) is 10.7 Å². The molecule has 2 heterocycles. The Hall–Kier alpha value is -2.78. The van der Waals surface area contributed by atoms with E-state index in [0.717, 1.165) is 24.6 Å². The standard InChI is InChI=1S/C21H26N4O4S/c1-3-4-5-6-13-25(15-20(26)23-19-14-16(2)29-24-19)30(27,28)18-11-7-9-17-10-8-12-22-21(17)18/h7-12,14H,3-6,13,15H2,1-2H3,(H,23,24,26). The second kappa shape index (κ2) is 9.82. The highest BCUT2D eigenvalue weighted by Gasteiger charge is 2.28. The second-order valence-electron chi connectivity index (χ2n) is 7.10. The number of rotatable bonds is 10. The van der Waals surface area contributed by atoms with Crippen molar-refractivity contribution in [1.82, 2.24) is 14.4 Å². The van der Waals surface area contributed by atoms with Crippen LogP contribution in [0.1, 0.15) is 38.4 Å². The number of nitrogens with zero attached hydrogens (tertiary/aromatic N) is 3. The molecule has 0 unspecified atom stereocenters. The smallest absolute Gasteiger partial charge is 0.245 e. The Bertz CT molecular complexity index is 1110. The number of aryl methyl sites for hydroxylation is 1. The number of carbonyl (C=O) groups excluding carboxylic acids is 1. The molecule has 0 aliphatic heterocycles. The predicted octanol–water partition coefficient (Wildman–Crippen LogP) is 3.74. The Kier molecular flexibility index (Phi) is 7.17. The molecule has 8 nitrogen and oxygen atoms in total. The average molecular weight is 431 g/mol. The van der Waals surface area contributed by atoms with Crippen LogP contribution >= 0.6 is 0 Å². The van der Waals surface area contributed by atoms with Gasteiger partial charge < -0.3 is 9.84 Å². The molecule has 0 aliphatic rings. The molecule has 3 rings (SSSR count). The van der Waals surface area contributed by atoms with Gasteiger partial charge in [0.25, 0.3) is 0 Å². The summed E-state index contributed by atoms with van der Waals surface area (Å²) in [6.07, 6.45) is 5.16. The van der Waals surface area contributed by atoms with Crippen LogP contribution < -0.4 is 5.32 Å². The number of carbonyl (C=O) groups is 1. The summed E-state index contributed by atoms with van der Waals surface area (Å²) in [5, 5.41) is 7.04. The van der Waals surface area contributed by atoms with Gasteiger partial charge in [-0.2, -0.15) is 4.31 Å².